The van der Waals surface area contributed by atoms with E-state index in [2.05, 4.69) is 10.6 Å². The maximum absolute atomic E-state index is 12.3. The summed E-state index contributed by atoms with van der Waals surface area (Å²) in [7, 11) is 1.65. The zero-order valence-corrected chi connectivity index (χ0v) is 11.9. The Balaban J connectivity index is 1.57. The lowest BCUT2D eigenvalue weighted by Crippen LogP contribution is -2.52. The van der Waals surface area contributed by atoms with Crippen molar-refractivity contribution in [1.82, 2.24) is 15.5 Å². The quantitative estimate of drug-likeness (QED) is 0.773. The molecule has 0 spiro atoms. The van der Waals surface area contributed by atoms with Crippen LogP contribution in [0, 0.1) is 5.92 Å². The third kappa shape index (κ3) is 2.61. The van der Waals surface area contributed by atoms with E-state index < -0.39 is 0 Å². The number of hydrogen-bond acceptors (Lipinski definition) is 3. The molecule has 3 fully saturated rings. The van der Waals surface area contributed by atoms with E-state index in [-0.39, 0.29) is 30.1 Å². The van der Waals surface area contributed by atoms with Crippen LogP contribution < -0.4 is 10.6 Å². The monoisotopic (exact) mass is 281 g/mol. The minimum absolute atomic E-state index is 0.00498. The lowest BCUT2D eigenvalue weighted by atomic mass is 10.00. The van der Waals surface area contributed by atoms with Gasteiger partial charge in [0.15, 0.2) is 0 Å². The molecule has 2 aliphatic heterocycles. The van der Waals surface area contributed by atoms with Gasteiger partial charge in [-0.05, 0) is 19.3 Å². The summed E-state index contributed by atoms with van der Waals surface area (Å²) < 4.78 is 5.80. The summed E-state index contributed by atoms with van der Waals surface area (Å²) in [5.74, 6) is -0.0927. The van der Waals surface area contributed by atoms with Gasteiger partial charge in [0.25, 0.3) is 0 Å². The first kappa shape index (κ1) is 13.7. The summed E-state index contributed by atoms with van der Waals surface area (Å²) in [5, 5.41) is 5.79. The highest BCUT2D eigenvalue weighted by Gasteiger charge is 2.45. The average Bonchev–Trinajstić information content (AvgIpc) is 3.05. The van der Waals surface area contributed by atoms with Gasteiger partial charge in [-0.25, -0.2) is 4.79 Å². The third-order valence-corrected chi connectivity index (χ3v) is 4.71. The van der Waals surface area contributed by atoms with Gasteiger partial charge in [0.1, 0.15) is 0 Å². The molecule has 0 unspecified atom stereocenters. The molecule has 0 aromatic heterocycles. The molecule has 112 valence electrons. The van der Waals surface area contributed by atoms with Gasteiger partial charge in [-0.2, -0.15) is 0 Å². The molecule has 3 rings (SSSR count). The predicted molar refractivity (Wildman–Crippen MR) is 73.2 cm³/mol. The molecule has 0 aromatic rings. The summed E-state index contributed by atoms with van der Waals surface area (Å²) in [6.45, 7) is 1.12. The fourth-order valence-electron chi connectivity index (χ4n) is 3.62. The fraction of sp³-hybridized carbons (Fsp3) is 0.857. The zero-order valence-electron chi connectivity index (χ0n) is 11.9. The molecule has 20 heavy (non-hydrogen) atoms. The Morgan fingerprint density at radius 3 is 2.65 bits per heavy atom. The van der Waals surface area contributed by atoms with Gasteiger partial charge < -0.3 is 20.3 Å². The normalized spacial score (nSPS) is 33.2. The molecule has 3 aliphatic rings. The van der Waals surface area contributed by atoms with Crippen molar-refractivity contribution in [3.63, 3.8) is 0 Å². The number of nitrogens with zero attached hydrogens (tertiary/aromatic N) is 1. The van der Waals surface area contributed by atoms with Gasteiger partial charge in [0.05, 0.1) is 18.1 Å². The Hall–Kier alpha value is -1.30. The number of morpholine rings is 1. The molecular formula is C14H23N3O3. The largest absolute Gasteiger partial charge is 0.370 e. The van der Waals surface area contributed by atoms with Crippen molar-refractivity contribution in [1.29, 1.82) is 0 Å². The summed E-state index contributed by atoms with van der Waals surface area (Å²) in [5.41, 5.74) is 0. The fourth-order valence-corrected chi connectivity index (χ4v) is 3.62. The summed E-state index contributed by atoms with van der Waals surface area (Å²) in [6, 6.07) is 0.338. The van der Waals surface area contributed by atoms with E-state index in [1.807, 2.05) is 4.90 Å². The van der Waals surface area contributed by atoms with Crippen molar-refractivity contribution in [2.75, 3.05) is 20.1 Å². The lowest BCUT2D eigenvalue weighted by molar-refractivity contribution is -0.127. The topological polar surface area (TPSA) is 70.7 Å². The number of carbonyl (C=O) groups is 2. The molecule has 1 aliphatic carbocycles. The number of urea groups is 1. The average molecular weight is 281 g/mol. The van der Waals surface area contributed by atoms with E-state index in [4.69, 9.17) is 4.74 Å². The summed E-state index contributed by atoms with van der Waals surface area (Å²) in [6.07, 6.45) is 5.16. The number of amides is 3. The van der Waals surface area contributed by atoms with E-state index in [9.17, 15) is 9.59 Å². The van der Waals surface area contributed by atoms with Crippen molar-refractivity contribution in [3.8, 4) is 0 Å². The van der Waals surface area contributed by atoms with E-state index in [0.717, 1.165) is 19.3 Å². The van der Waals surface area contributed by atoms with E-state index in [1.54, 1.807) is 7.05 Å². The lowest BCUT2D eigenvalue weighted by Gasteiger charge is -2.33. The molecule has 1 saturated carbocycles. The first-order chi connectivity index (χ1) is 9.67. The molecule has 3 atom stereocenters. The van der Waals surface area contributed by atoms with E-state index in [0.29, 0.717) is 19.1 Å². The maximum atomic E-state index is 12.3. The van der Waals surface area contributed by atoms with Crippen LogP contribution in [0.2, 0.25) is 0 Å². The minimum atomic E-state index is -0.150. The number of ether oxygens (including phenoxy) is 1. The van der Waals surface area contributed by atoms with Crippen LogP contribution in [-0.4, -0.2) is 55.2 Å². The minimum Gasteiger partial charge on any atom is -0.370 e. The molecule has 2 N–H and O–H groups in total. The summed E-state index contributed by atoms with van der Waals surface area (Å²) in [4.78, 5) is 25.9. The molecule has 2 saturated heterocycles. The Kier molecular flexibility index (Phi) is 3.83. The number of hydrogen-bond donors (Lipinski definition) is 2. The van der Waals surface area contributed by atoms with Crippen LogP contribution >= 0.6 is 0 Å². The van der Waals surface area contributed by atoms with Crippen LogP contribution in [-0.2, 0) is 9.53 Å². The standard InChI is InChI=1S/C14H23N3O3/c1-15-13(18)11-6-10-7-17(8-12(11)20-10)14(19)16-9-4-2-3-5-9/h9-12H,2-8H2,1H3,(H,15,18)(H,16,19)/t10-,11+,12-/m1/s1. The van der Waals surface area contributed by atoms with Crippen LogP contribution in [0.1, 0.15) is 32.1 Å². The molecule has 6 nitrogen and oxygen atoms in total. The van der Waals surface area contributed by atoms with Gasteiger partial charge >= 0.3 is 6.03 Å². The zero-order chi connectivity index (χ0) is 14.1. The summed E-state index contributed by atoms with van der Waals surface area (Å²) >= 11 is 0. The molecule has 0 aromatic carbocycles. The van der Waals surface area contributed by atoms with Crippen LogP contribution in [0.3, 0.4) is 0 Å². The van der Waals surface area contributed by atoms with E-state index in [1.165, 1.54) is 12.8 Å². The number of carbonyl (C=O) groups excluding carboxylic acids is 2. The maximum Gasteiger partial charge on any atom is 0.317 e. The van der Waals surface area contributed by atoms with Gasteiger partial charge in [0.2, 0.25) is 5.91 Å². The molecule has 0 radical (unpaired) electrons. The van der Waals surface area contributed by atoms with Crippen LogP contribution in [0.5, 0.6) is 0 Å². The van der Waals surface area contributed by atoms with Crippen molar-refractivity contribution in [2.24, 2.45) is 5.92 Å². The highest BCUT2D eigenvalue weighted by molar-refractivity contribution is 5.80. The van der Waals surface area contributed by atoms with Gasteiger partial charge in [-0.15, -0.1) is 0 Å². The third-order valence-electron chi connectivity index (χ3n) is 4.71. The first-order valence-corrected chi connectivity index (χ1v) is 7.60. The first-order valence-electron chi connectivity index (χ1n) is 7.60. The number of nitrogens with one attached hydrogen (secondary N) is 2. The predicted octanol–water partition coefficient (Wildman–Crippen LogP) is 0.474. The van der Waals surface area contributed by atoms with Crippen LogP contribution in [0.4, 0.5) is 4.79 Å². The molecule has 2 bridgehead atoms. The molecule has 2 heterocycles. The number of likely N-dealkylation sites (tertiary alicyclic amines) is 1. The van der Waals surface area contributed by atoms with Crippen LogP contribution in [0.25, 0.3) is 0 Å². The Labute approximate surface area is 119 Å². The van der Waals surface area contributed by atoms with Crippen LogP contribution in [0.15, 0.2) is 0 Å². The van der Waals surface area contributed by atoms with Crippen molar-refractivity contribution in [2.45, 2.75) is 50.4 Å². The molecule has 6 heteroatoms. The smallest absolute Gasteiger partial charge is 0.317 e. The van der Waals surface area contributed by atoms with Gasteiger partial charge in [-0.1, -0.05) is 12.8 Å². The Bertz CT molecular complexity index is 395. The number of rotatable bonds is 2. The second-order valence-electron chi connectivity index (χ2n) is 6.09. The molecule has 3 amide bonds. The van der Waals surface area contributed by atoms with Gasteiger partial charge in [0, 0.05) is 26.2 Å². The Morgan fingerprint density at radius 2 is 1.95 bits per heavy atom. The van der Waals surface area contributed by atoms with Crippen molar-refractivity contribution in [3.05, 3.63) is 0 Å². The van der Waals surface area contributed by atoms with E-state index >= 15 is 0 Å². The van der Waals surface area contributed by atoms with Gasteiger partial charge in [-0.3, -0.25) is 4.79 Å². The molecular weight excluding hydrogens is 258 g/mol. The van der Waals surface area contributed by atoms with Crippen molar-refractivity contribution >= 4 is 11.9 Å². The Morgan fingerprint density at radius 1 is 1.20 bits per heavy atom. The SMILES string of the molecule is CNC(=O)[C@H]1C[C@@H]2CN(C(=O)NC3CCCC3)C[C@H]1O2. The number of fused-ring (bicyclic) bond motifs is 2. The second kappa shape index (κ2) is 5.60. The highest BCUT2D eigenvalue weighted by atomic mass is 16.5. The highest BCUT2D eigenvalue weighted by Crippen LogP contribution is 2.32. The second-order valence-corrected chi connectivity index (χ2v) is 6.09. The van der Waals surface area contributed by atoms with Crippen molar-refractivity contribution < 1.29 is 14.3 Å².